The van der Waals surface area contributed by atoms with Crippen molar-refractivity contribution in [2.24, 2.45) is 34.5 Å². The molecule has 0 N–H and O–H groups in total. The fourth-order valence-corrected chi connectivity index (χ4v) is 9.70. The maximum absolute atomic E-state index is 17.2. The summed E-state index contributed by atoms with van der Waals surface area (Å²) in [6.07, 6.45) is 3.67. The molecule has 184 valence electrons. The van der Waals surface area contributed by atoms with Crippen molar-refractivity contribution >= 4 is 0 Å². The third kappa shape index (κ3) is 2.45. The zero-order chi connectivity index (χ0) is 22.7. The molecule has 4 aliphatic carbocycles. The summed E-state index contributed by atoms with van der Waals surface area (Å²) in [5.74, 6) is -2.15. The minimum Gasteiger partial charge on any atom is -0.348 e. The van der Waals surface area contributed by atoms with Crippen LogP contribution in [-0.4, -0.2) is 63.2 Å². The Morgan fingerprint density at radius 3 is 2.18 bits per heavy atom. The van der Waals surface area contributed by atoms with E-state index in [0.29, 0.717) is 39.6 Å². The largest absolute Gasteiger partial charge is 0.348 e. The summed E-state index contributed by atoms with van der Waals surface area (Å²) in [6.45, 7) is 12.2. The van der Waals surface area contributed by atoms with Crippen LogP contribution in [-0.2, 0) is 28.4 Å². The lowest BCUT2D eigenvalue weighted by Crippen LogP contribution is -2.73. The Bertz CT molecular complexity index is 844. The second kappa shape index (κ2) is 6.80. The maximum Gasteiger partial charge on any atom is 0.204 e. The Morgan fingerprint density at radius 1 is 0.848 bits per heavy atom. The van der Waals surface area contributed by atoms with E-state index in [1.165, 1.54) is 5.57 Å². The predicted molar refractivity (Wildman–Crippen MR) is 116 cm³/mol. The molecule has 0 aromatic carbocycles. The molecule has 4 saturated carbocycles. The highest BCUT2D eigenvalue weighted by atomic mass is 19.1. The summed E-state index contributed by atoms with van der Waals surface area (Å²) >= 11 is 0. The fraction of sp³-hybridized carbons (Fsp3) is 0.923. The van der Waals surface area contributed by atoms with Crippen molar-refractivity contribution in [3.05, 3.63) is 12.2 Å². The highest BCUT2D eigenvalue weighted by Gasteiger charge is 2.80. The van der Waals surface area contributed by atoms with Gasteiger partial charge in [-0.15, -0.1) is 0 Å². The van der Waals surface area contributed by atoms with Gasteiger partial charge in [-0.2, -0.15) is 0 Å². The van der Waals surface area contributed by atoms with E-state index in [-0.39, 0.29) is 29.1 Å². The standard InChI is InChI=1S/C26H37FO6/c1-16-14-17-18-4-5-25(30-10-11-31-25)23(18,3)21(27)26(32-12-13-33-26)20(17)22(2)6-7-24(15-19(16)22)28-8-9-29-24/h17-21H,1,4-15H2,2-3H3/t17?,18?,19-,20?,21?,22+,23-/m1/s1. The molecule has 6 nitrogen and oxygen atoms in total. The number of alkyl halides is 1. The van der Waals surface area contributed by atoms with Gasteiger partial charge >= 0.3 is 0 Å². The van der Waals surface area contributed by atoms with Crippen LogP contribution in [0.1, 0.15) is 52.4 Å². The number of rotatable bonds is 0. The van der Waals surface area contributed by atoms with Crippen LogP contribution in [0.3, 0.4) is 0 Å². The van der Waals surface area contributed by atoms with Gasteiger partial charge in [0.05, 0.1) is 45.1 Å². The van der Waals surface area contributed by atoms with E-state index in [1.54, 1.807) is 0 Å². The second-order valence-electron chi connectivity index (χ2n) is 12.0. The number of allylic oxidation sites excluding steroid dienone is 1. The summed E-state index contributed by atoms with van der Waals surface area (Å²) < 4.78 is 54.7. The van der Waals surface area contributed by atoms with Crippen LogP contribution in [0.15, 0.2) is 12.2 Å². The molecule has 7 aliphatic rings. The molecule has 3 saturated heterocycles. The highest BCUT2D eigenvalue weighted by molar-refractivity contribution is 5.27. The lowest BCUT2D eigenvalue weighted by Gasteiger charge is -2.67. The quantitative estimate of drug-likeness (QED) is 0.506. The molecule has 4 unspecified atom stereocenters. The molecule has 3 aliphatic heterocycles. The van der Waals surface area contributed by atoms with Gasteiger partial charge in [0.1, 0.15) is 0 Å². The molecule has 7 rings (SSSR count). The number of hydrogen-bond acceptors (Lipinski definition) is 6. The average molecular weight is 465 g/mol. The van der Waals surface area contributed by atoms with Crippen molar-refractivity contribution in [1.29, 1.82) is 0 Å². The average Bonchev–Trinajstić information content (AvgIpc) is 3.59. The van der Waals surface area contributed by atoms with E-state index in [2.05, 4.69) is 13.5 Å². The van der Waals surface area contributed by atoms with Crippen molar-refractivity contribution in [3.8, 4) is 0 Å². The van der Waals surface area contributed by atoms with Crippen molar-refractivity contribution in [2.75, 3.05) is 39.6 Å². The molecule has 7 fully saturated rings. The zero-order valence-corrected chi connectivity index (χ0v) is 19.9. The third-order valence-electron chi connectivity index (χ3n) is 11.0. The number of fused-ring (bicyclic) bond motifs is 7. The van der Waals surface area contributed by atoms with Crippen LogP contribution in [0.5, 0.6) is 0 Å². The lowest BCUT2D eigenvalue weighted by molar-refractivity contribution is -0.369. The van der Waals surface area contributed by atoms with Crippen LogP contribution < -0.4 is 0 Å². The van der Waals surface area contributed by atoms with E-state index in [1.807, 2.05) is 6.92 Å². The third-order valence-corrected chi connectivity index (χ3v) is 11.0. The molecular weight excluding hydrogens is 427 g/mol. The first-order valence-corrected chi connectivity index (χ1v) is 13.0. The molecule has 0 radical (unpaired) electrons. The number of halogens is 1. The Hall–Kier alpha value is -0.570. The molecule has 7 atom stereocenters. The van der Waals surface area contributed by atoms with Crippen molar-refractivity contribution in [1.82, 2.24) is 0 Å². The molecule has 0 bridgehead atoms. The number of hydrogen-bond donors (Lipinski definition) is 0. The van der Waals surface area contributed by atoms with Gasteiger partial charge in [-0.3, -0.25) is 0 Å². The van der Waals surface area contributed by atoms with Crippen LogP contribution >= 0.6 is 0 Å². The summed E-state index contributed by atoms with van der Waals surface area (Å²) in [5.41, 5.74) is 0.245. The SMILES string of the molecule is C=C1CC2C3CCC4(OCCO4)[C@@]3(C)C(F)C3(OCCO3)C2[C@@]2(C)CCC3(C[C@H]12)OCCO3. The summed E-state index contributed by atoms with van der Waals surface area (Å²) in [4.78, 5) is 0. The lowest BCUT2D eigenvalue weighted by atomic mass is 9.41. The van der Waals surface area contributed by atoms with E-state index in [4.69, 9.17) is 28.4 Å². The van der Waals surface area contributed by atoms with E-state index in [0.717, 1.165) is 38.5 Å². The van der Waals surface area contributed by atoms with Gasteiger partial charge < -0.3 is 28.4 Å². The highest BCUT2D eigenvalue weighted by Crippen LogP contribution is 2.74. The van der Waals surface area contributed by atoms with Gasteiger partial charge in [0.2, 0.25) is 5.79 Å². The molecule has 7 heteroatoms. The summed E-state index contributed by atoms with van der Waals surface area (Å²) in [6, 6.07) is 0. The molecule has 33 heavy (non-hydrogen) atoms. The van der Waals surface area contributed by atoms with E-state index >= 15 is 4.39 Å². The van der Waals surface area contributed by atoms with Crippen LogP contribution in [0.2, 0.25) is 0 Å². The minimum atomic E-state index is -1.32. The minimum absolute atomic E-state index is 0.0496. The first-order chi connectivity index (χ1) is 15.8. The van der Waals surface area contributed by atoms with Crippen molar-refractivity contribution < 1.29 is 32.8 Å². The Kier molecular flexibility index (Phi) is 4.47. The van der Waals surface area contributed by atoms with Gasteiger partial charge in [-0.25, -0.2) is 4.39 Å². The Labute approximate surface area is 195 Å². The summed E-state index contributed by atoms with van der Waals surface area (Å²) in [5, 5.41) is 0. The smallest absolute Gasteiger partial charge is 0.204 e. The van der Waals surface area contributed by atoms with Crippen LogP contribution in [0.25, 0.3) is 0 Å². The molecule has 3 spiro atoms. The van der Waals surface area contributed by atoms with Crippen molar-refractivity contribution in [2.45, 2.75) is 75.9 Å². The van der Waals surface area contributed by atoms with Gasteiger partial charge in [-0.05, 0) is 42.4 Å². The monoisotopic (exact) mass is 464 g/mol. The molecular formula is C26H37FO6. The normalized spacial score (nSPS) is 51.2. The molecule has 0 amide bonds. The molecule has 0 aromatic rings. The summed E-state index contributed by atoms with van der Waals surface area (Å²) in [7, 11) is 0. The van der Waals surface area contributed by atoms with Gasteiger partial charge in [0.25, 0.3) is 0 Å². The van der Waals surface area contributed by atoms with Crippen LogP contribution in [0, 0.1) is 34.5 Å². The van der Waals surface area contributed by atoms with E-state index in [9.17, 15) is 0 Å². The first-order valence-electron chi connectivity index (χ1n) is 13.0. The van der Waals surface area contributed by atoms with Gasteiger partial charge in [-0.1, -0.05) is 26.0 Å². The van der Waals surface area contributed by atoms with E-state index < -0.39 is 28.9 Å². The van der Waals surface area contributed by atoms with Gasteiger partial charge in [0.15, 0.2) is 17.7 Å². The Balaban J connectivity index is 1.35. The first kappa shape index (κ1) is 21.7. The second-order valence-corrected chi connectivity index (χ2v) is 12.0. The number of ether oxygens (including phenoxy) is 6. The molecule has 3 heterocycles. The topological polar surface area (TPSA) is 55.4 Å². The van der Waals surface area contributed by atoms with Gasteiger partial charge in [0, 0.05) is 25.2 Å². The van der Waals surface area contributed by atoms with Crippen LogP contribution in [0.4, 0.5) is 4.39 Å². The molecule has 0 aromatic heterocycles. The zero-order valence-electron chi connectivity index (χ0n) is 19.9. The predicted octanol–water partition coefficient (Wildman–Crippen LogP) is 3.98. The van der Waals surface area contributed by atoms with Crippen molar-refractivity contribution in [3.63, 3.8) is 0 Å². The maximum atomic E-state index is 17.2. The Morgan fingerprint density at radius 2 is 1.48 bits per heavy atom. The fourth-order valence-electron chi connectivity index (χ4n) is 9.70.